The van der Waals surface area contributed by atoms with Crippen LogP contribution in [0.5, 0.6) is 0 Å². The number of hydrogen-bond donors (Lipinski definition) is 1. The SMILES string of the molecule is Brc1cccnc1.CC1(c2cccc([NH-])c2)COC(C)(C(F)(F)F)C(N)=N1. The summed E-state index contributed by atoms with van der Waals surface area (Å²) in [5, 5.41) is 0. The molecule has 1 aromatic carbocycles. The van der Waals surface area contributed by atoms with E-state index in [0.717, 1.165) is 11.4 Å². The second kappa shape index (κ2) is 7.85. The van der Waals surface area contributed by atoms with E-state index in [1.165, 1.54) is 6.07 Å². The fourth-order valence-electron chi connectivity index (χ4n) is 2.33. The summed E-state index contributed by atoms with van der Waals surface area (Å²) in [6.45, 7) is 2.24. The van der Waals surface area contributed by atoms with E-state index >= 15 is 0 Å². The molecule has 1 aliphatic rings. The predicted molar refractivity (Wildman–Crippen MR) is 102 cm³/mol. The summed E-state index contributed by atoms with van der Waals surface area (Å²) in [4.78, 5) is 7.85. The second-order valence-corrected chi connectivity index (χ2v) is 7.26. The van der Waals surface area contributed by atoms with E-state index in [2.05, 4.69) is 25.9 Å². The van der Waals surface area contributed by atoms with Crippen LogP contribution in [-0.4, -0.2) is 29.2 Å². The van der Waals surface area contributed by atoms with Gasteiger partial charge in [0.25, 0.3) is 0 Å². The van der Waals surface area contributed by atoms with Gasteiger partial charge < -0.3 is 16.2 Å². The summed E-state index contributed by atoms with van der Waals surface area (Å²) < 4.78 is 45.0. The molecule has 27 heavy (non-hydrogen) atoms. The number of hydrogen-bond acceptors (Lipinski definition) is 4. The first-order valence-electron chi connectivity index (χ1n) is 7.92. The van der Waals surface area contributed by atoms with Crippen LogP contribution in [0.15, 0.2) is 58.3 Å². The Labute approximate surface area is 163 Å². The van der Waals surface area contributed by atoms with Crippen molar-refractivity contribution >= 4 is 27.5 Å². The summed E-state index contributed by atoms with van der Waals surface area (Å²) in [5.41, 5.74) is 10.3. The molecule has 1 aromatic heterocycles. The van der Waals surface area contributed by atoms with Gasteiger partial charge in [0.2, 0.25) is 5.60 Å². The highest BCUT2D eigenvalue weighted by atomic mass is 79.9. The molecule has 0 saturated heterocycles. The number of rotatable bonds is 1. The van der Waals surface area contributed by atoms with Crippen LogP contribution in [0.2, 0.25) is 0 Å². The van der Waals surface area contributed by atoms with Gasteiger partial charge in [-0.3, -0.25) is 9.98 Å². The van der Waals surface area contributed by atoms with Crippen molar-refractivity contribution in [2.75, 3.05) is 6.61 Å². The Kier molecular flexibility index (Phi) is 6.16. The number of aromatic nitrogens is 1. The number of alkyl halides is 3. The lowest BCUT2D eigenvalue weighted by atomic mass is 9.90. The first-order chi connectivity index (χ1) is 12.5. The van der Waals surface area contributed by atoms with Crippen LogP contribution in [0.4, 0.5) is 18.9 Å². The average molecular weight is 444 g/mol. The minimum absolute atomic E-state index is 0.252. The molecule has 0 amide bonds. The highest BCUT2D eigenvalue weighted by Gasteiger charge is 2.58. The second-order valence-electron chi connectivity index (χ2n) is 6.34. The van der Waals surface area contributed by atoms with Crippen LogP contribution < -0.4 is 5.73 Å². The normalized spacial score (nSPS) is 25.2. The maximum absolute atomic E-state index is 13.0. The van der Waals surface area contributed by atoms with Gasteiger partial charge in [-0.1, -0.05) is 24.3 Å². The van der Waals surface area contributed by atoms with Crippen molar-refractivity contribution in [3.05, 3.63) is 64.6 Å². The number of halogens is 4. The molecule has 1 aliphatic heterocycles. The monoisotopic (exact) mass is 443 g/mol. The van der Waals surface area contributed by atoms with E-state index < -0.39 is 23.2 Å². The summed E-state index contributed by atoms with van der Waals surface area (Å²) >= 11 is 3.25. The molecule has 9 heteroatoms. The molecule has 2 heterocycles. The van der Waals surface area contributed by atoms with Crippen molar-refractivity contribution in [1.29, 1.82) is 0 Å². The number of nitrogens with zero attached hydrogens (tertiary/aromatic N) is 2. The Morgan fingerprint density at radius 1 is 1.22 bits per heavy atom. The van der Waals surface area contributed by atoms with Crippen molar-refractivity contribution in [1.82, 2.24) is 4.98 Å². The van der Waals surface area contributed by atoms with Crippen LogP contribution in [0, 0.1) is 0 Å². The summed E-state index contributed by atoms with van der Waals surface area (Å²) in [6, 6.07) is 10.3. The zero-order valence-corrected chi connectivity index (χ0v) is 16.3. The van der Waals surface area contributed by atoms with Gasteiger partial charge in [-0.15, -0.1) is 5.69 Å². The van der Waals surface area contributed by atoms with Crippen LogP contribution in [0.1, 0.15) is 19.4 Å². The zero-order chi connectivity index (χ0) is 20.3. The van der Waals surface area contributed by atoms with Crippen LogP contribution in [0.25, 0.3) is 5.73 Å². The van der Waals surface area contributed by atoms with E-state index in [1.807, 2.05) is 12.1 Å². The van der Waals surface area contributed by atoms with E-state index in [4.69, 9.17) is 16.2 Å². The maximum Gasteiger partial charge on any atom is 0.424 e. The third kappa shape index (κ3) is 4.78. The van der Waals surface area contributed by atoms with Gasteiger partial charge in [-0.05, 0) is 47.5 Å². The Morgan fingerprint density at radius 3 is 2.37 bits per heavy atom. The fraction of sp³-hybridized carbons (Fsp3) is 0.333. The number of benzene rings is 1. The third-order valence-electron chi connectivity index (χ3n) is 4.15. The lowest BCUT2D eigenvalue weighted by Gasteiger charge is -2.41. The molecule has 2 unspecified atom stereocenters. The van der Waals surface area contributed by atoms with Gasteiger partial charge >= 0.3 is 6.18 Å². The van der Waals surface area contributed by atoms with E-state index in [1.54, 1.807) is 37.5 Å². The molecular weight excluding hydrogens is 425 g/mol. The van der Waals surface area contributed by atoms with Gasteiger partial charge in [0, 0.05) is 16.9 Å². The highest BCUT2D eigenvalue weighted by Crippen LogP contribution is 2.41. The Hall–Kier alpha value is -2.13. The number of nitrogens with two attached hydrogens (primary N) is 1. The number of aliphatic imine (C=N–C) groups is 1. The van der Waals surface area contributed by atoms with Gasteiger partial charge in [0.1, 0.15) is 11.4 Å². The van der Waals surface area contributed by atoms with Crippen molar-refractivity contribution in [2.45, 2.75) is 31.2 Å². The minimum Gasteiger partial charge on any atom is -0.699 e. The van der Waals surface area contributed by atoms with Gasteiger partial charge in [0.15, 0.2) is 0 Å². The first-order valence-corrected chi connectivity index (χ1v) is 8.71. The predicted octanol–water partition coefficient (Wildman–Crippen LogP) is 5.14. The van der Waals surface area contributed by atoms with Crippen molar-refractivity contribution in [3.8, 4) is 0 Å². The van der Waals surface area contributed by atoms with Gasteiger partial charge in [-0.25, -0.2) is 0 Å². The standard InChI is InChI=1S/C13H15F3N3O.C5H4BrN/c1-11(8-4-3-5-9(17)6-8)7-20-12(2,10(18)19-11)13(14,15)16;6-5-2-1-3-7-4-5/h3-6,17H,7H2,1-2H3,(H2,18,19);1-4H/q-1;. The molecule has 2 atom stereocenters. The molecule has 0 fully saturated rings. The molecule has 146 valence electrons. The Morgan fingerprint density at radius 2 is 1.93 bits per heavy atom. The van der Waals surface area contributed by atoms with E-state index in [9.17, 15) is 13.2 Å². The number of ether oxygens (including phenoxy) is 1. The van der Waals surface area contributed by atoms with E-state index in [0.29, 0.717) is 5.56 Å². The molecule has 3 rings (SSSR count). The summed E-state index contributed by atoms with van der Waals surface area (Å²) in [6.07, 6.45) is -1.13. The molecule has 0 saturated carbocycles. The summed E-state index contributed by atoms with van der Waals surface area (Å²) in [7, 11) is 0. The lowest BCUT2D eigenvalue weighted by Crippen LogP contribution is -2.60. The van der Waals surface area contributed by atoms with Gasteiger partial charge in [-0.2, -0.15) is 13.2 Å². The quantitative estimate of drug-likeness (QED) is 0.661. The molecule has 0 aliphatic carbocycles. The van der Waals surface area contributed by atoms with Crippen LogP contribution in [0.3, 0.4) is 0 Å². The number of pyridine rings is 1. The lowest BCUT2D eigenvalue weighted by molar-refractivity contribution is -0.249. The first kappa shape index (κ1) is 21.2. The molecule has 5 nitrogen and oxygen atoms in total. The van der Waals surface area contributed by atoms with E-state index in [-0.39, 0.29) is 12.3 Å². The largest absolute Gasteiger partial charge is 0.699 e. The molecule has 2 aromatic rings. The minimum atomic E-state index is -4.63. The van der Waals surface area contributed by atoms with Crippen molar-refractivity contribution in [2.24, 2.45) is 10.7 Å². The highest BCUT2D eigenvalue weighted by molar-refractivity contribution is 9.10. The van der Waals surface area contributed by atoms with Crippen LogP contribution >= 0.6 is 15.9 Å². The molecule has 0 bridgehead atoms. The smallest absolute Gasteiger partial charge is 0.424 e. The van der Waals surface area contributed by atoms with Crippen molar-refractivity contribution < 1.29 is 17.9 Å². The van der Waals surface area contributed by atoms with Crippen LogP contribution in [-0.2, 0) is 10.3 Å². The summed E-state index contributed by atoms with van der Waals surface area (Å²) in [5.74, 6) is -0.603. The average Bonchev–Trinajstić information content (AvgIpc) is 2.59. The molecule has 0 radical (unpaired) electrons. The maximum atomic E-state index is 13.0. The Balaban J connectivity index is 0.000000313. The topological polar surface area (TPSA) is 84.3 Å². The fourth-order valence-corrected chi connectivity index (χ4v) is 2.61. The third-order valence-corrected chi connectivity index (χ3v) is 4.62. The number of amidine groups is 1. The van der Waals surface area contributed by atoms with Gasteiger partial charge in [0.05, 0.1) is 6.61 Å². The molecular formula is C18H19BrF3N4O-. The zero-order valence-electron chi connectivity index (χ0n) is 14.7. The van der Waals surface area contributed by atoms with Crippen molar-refractivity contribution in [3.63, 3.8) is 0 Å². The number of nitrogens with one attached hydrogen (secondary N) is 1. The molecule has 3 N–H and O–H groups in total. The molecule has 0 spiro atoms. The Bertz CT molecular complexity index is 816.